The second-order valence-corrected chi connectivity index (χ2v) is 8.02. The van der Waals surface area contributed by atoms with Gasteiger partial charge in [0.15, 0.2) is 5.96 Å². The number of benzene rings is 1. The Morgan fingerprint density at radius 3 is 2.55 bits per heavy atom. The summed E-state index contributed by atoms with van der Waals surface area (Å²) in [5, 5.41) is 7.62. The van der Waals surface area contributed by atoms with Crippen LogP contribution in [0, 0.1) is 0 Å². The third-order valence-electron chi connectivity index (χ3n) is 5.59. The quantitative estimate of drug-likeness (QED) is 0.347. The van der Waals surface area contributed by atoms with E-state index in [1.165, 1.54) is 11.1 Å². The van der Waals surface area contributed by atoms with Crippen molar-refractivity contribution in [2.45, 2.75) is 33.0 Å². The highest BCUT2D eigenvalue weighted by Gasteiger charge is 2.27. The Labute approximate surface area is 202 Å². The highest BCUT2D eigenvalue weighted by Crippen LogP contribution is 2.17. The molecule has 1 saturated heterocycles. The third kappa shape index (κ3) is 6.42. The lowest BCUT2D eigenvalue weighted by atomic mass is 10.1. The van der Waals surface area contributed by atoms with Crippen molar-refractivity contribution in [3.05, 3.63) is 47.8 Å². The van der Waals surface area contributed by atoms with Gasteiger partial charge < -0.3 is 15.1 Å². The zero-order chi connectivity index (χ0) is 21.7. The van der Waals surface area contributed by atoms with Crippen molar-refractivity contribution in [1.29, 1.82) is 0 Å². The van der Waals surface area contributed by atoms with Gasteiger partial charge in [-0.1, -0.05) is 24.3 Å². The smallest absolute Gasteiger partial charge is 0.246 e. The average molecular weight is 539 g/mol. The first kappa shape index (κ1) is 25.1. The molecule has 0 atom stereocenters. The van der Waals surface area contributed by atoms with E-state index < -0.39 is 0 Å². The summed E-state index contributed by atoms with van der Waals surface area (Å²) in [6.07, 6.45) is 3.59. The van der Waals surface area contributed by atoms with Gasteiger partial charge >= 0.3 is 0 Å². The van der Waals surface area contributed by atoms with Crippen molar-refractivity contribution in [3.8, 4) is 0 Å². The van der Waals surface area contributed by atoms with Gasteiger partial charge in [-0.05, 0) is 32.0 Å². The molecule has 1 fully saturated rings. The van der Waals surface area contributed by atoms with Gasteiger partial charge in [0.25, 0.3) is 0 Å². The molecule has 1 amide bonds. The number of aromatic nitrogens is 2. The molecule has 3 rings (SSSR count). The maximum absolute atomic E-state index is 12.7. The Morgan fingerprint density at radius 1 is 1.26 bits per heavy atom. The molecule has 0 spiro atoms. The number of hydrogen-bond acceptors (Lipinski definition) is 4. The number of halogens is 1. The number of aliphatic imine (C=N–C) groups is 1. The number of carbonyl (C=O) groups excluding carboxylic acids is 1. The molecule has 1 aromatic carbocycles. The Bertz CT molecular complexity index is 895. The van der Waals surface area contributed by atoms with Crippen LogP contribution in [0.5, 0.6) is 0 Å². The average Bonchev–Trinajstić information content (AvgIpc) is 3.15. The maximum Gasteiger partial charge on any atom is 0.246 e. The minimum atomic E-state index is 0. The van der Waals surface area contributed by atoms with Crippen LogP contribution in [0.15, 0.2) is 41.7 Å². The highest BCUT2D eigenvalue weighted by atomic mass is 127. The lowest BCUT2D eigenvalue weighted by Crippen LogP contribution is -2.55. The fourth-order valence-corrected chi connectivity index (χ4v) is 3.52. The van der Waals surface area contributed by atoms with Crippen LogP contribution < -0.4 is 10.2 Å². The molecule has 1 N–H and O–H groups in total. The monoisotopic (exact) mass is 539 g/mol. The number of aryl methyl sites for hydroxylation is 1. The van der Waals surface area contributed by atoms with Crippen LogP contribution in [0.1, 0.15) is 25.0 Å². The predicted molar refractivity (Wildman–Crippen MR) is 136 cm³/mol. The summed E-state index contributed by atoms with van der Waals surface area (Å²) >= 11 is 0. The van der Waals surface area contributed by atoms with Gasteiger partial charge in [-0.2, -0.15) is 5.10 Å². The molecule has 1 aliphatic rings. The van der Waals surface area contributed by atoms with Crippen molar-refractivity contribution >= 4 is 41.5 Å². The SMILES string of the molecule is CN=C(NCc1ccccc1CN(C)C(C)C)N1CCN(c2cnn(C)c2)C(=O)C1.I. The molecular formula is C22H34IN7O. The van der Waals surface area contributed by atoms with Crippen molar-refractivity contribution in [3.63, 3.8) is 0 Å². The number of nitrogens with one attached hydrogen (secondary N) is 1. The van der Waals surface area contributed by atoms with Crippen molar-refractivity contribution in [1.82, 2.24) is 24.9 Å². The number of piperazine rings is 1. The second kappa shape index (κ2) is 11.5. The molecule has 2 heterocycles. The summed E-state index contributed by atoms with van der Waals surface area (Å²) in [5.41, 5.74) is 3.38. The van der Waals surface area contributed by atoms with Gasteiger partial charge in [0.2, 0.25) is 5.91 Å². The summed E-state index contributed by atoms with van der Waals surface area (Å²) in [6.45, 7) is 7.60. The van der Waals surface area contributed by atoms with Crippen LogP contribution in [-0.2, 0) is 24.9 Å². The number of carbonyl (C=O) groups is 1. The van der Waals surface area contributed by atoms with Crippen molar-refractivity contribution < 1.29 is 4.79 Å². The summed E-state index contributed by atoms with van der Waals surface area (Å²) in [7, 11) is 5.76. The lowest BCUT2D eigenvalue weighted by Gasteiger charge is -2.35. The fraction of sp³-hybridized carbons (Fsp3) is 0.500. The van der Waals surface area contributed by atoms with Crippen LogP contribution >= 0.6 is 24.0 Å². The Balaban J connectivity index is 0.00000341. The van der Waals surface area contributed by atoms with Crippen LogP contribution in [0.2, 0.25) is 0 Å². The minimum Gasteiger partial charge on any atom is -0.352 e. The zero-order valence-electron chi connectivity index (χ0n) is 19.1. The zero-order valence-corrected chi connectivity index (χ0v) is 21.4. The molecule has 8 nitrogen and oxygen atoms in total. The lowest BCUT2D eigenvalue weighted by molar-refractivity contribution is -0.120. The Kier molecular flexibility index (Phi) is 9.30. The third-order valence-corrected chi connectivity index (χ3v) is 5.59. The van der Waals surface area contributed by atoms with Gasteiger partial charge in [-0.25, -0.2) is 0 Å². The number of nitrogens with zero attached hydrogens (tertiary/aromatic N) is 6. The molecule has 0 saturated carbocycles. The molecule has 0 unspecified atom stereocenters. The van der Waals surface area contributed by atoms with Crippen LogP contribution in [0.4, 0.5) is 5.69 Å². The van der Waals surface area contributed by atoms with Gasteiger partial charge in [0.1, 0.15) is 6.54 Å². The van der Waals surface area contributed by atoms with Crippen molar-refractivity contribution in [2.75, 3.05) is 38.6 Å². The normalized spacial score (nSPS) is 14.9. The molecule has 9 heteroatoms. The minimum absolute atomic E-state index is 0. The Hall–Kier alpha value is -2.14. The number of rotatable bonds is 6. The van der Waals surface area contributed by atoms with E-state index in [0.29, 0.717) is 25.7 Å². The van der Waals surface area contributed by atoms with Gasteiger partial charge in [-0.3, -0.25) is 19.4 Å². The predicted octanol–water partition coefficient (Wildman–Crippen LogP) is 2.30. The van der Waals surface area contributed by atoms with E-state index in [-0.39, 0.29) is 29.9 Å². The number of anilines is 1. The standard InChI is InChI=1S/C22H33N7O.HI/c1-17(2)26(4)14-19-9-7-6-8-18(19)12-24-22(23-3)28-10-11-29(21(30)16-28)20-13-25-27(5)15-20;/h6-9,13,15,17H,10-12,14,16H2,1-5H3,(H,23,24);1H. The summed E-state index contributed by atoms with van der Waals surface area (Å²) in [6, 6.07) is 8.96. The van der Waals surface area contributed by atoms with Crippen LogP contribution in [0.25, 0.3) is 0 Å². The summed E-state index contributed by atoms with van der Waals surface area (Å²) < 4.78 is 1.71. The van der Waals surface area contributed by atoms with Gasteiger partial charge in [0.05, 0.1) is 11.9 Å². The summed E-state index contributed by atoms with van der Waals surface area (Å²) in [4.78, 5) is 23.2. The summed E-state index contributed by atoms with van der Waals surface area (Å²) in [5.74, 6) is 0.803. The molecule has 2 aromatic rings. The Morgan fingerprint density at radius 2 is 1.97 bits per heavy atom. The van der Waals surface area contributed by atoms with Crippen LogP contribution in [-0.4, -0.2) is 71.2 Å². The topological polar surface area (TPSA) is 69.0 Å². The maximum atomic E-state index is 12.7. The molecule has 0 radical (unpaired) electrons. The first-order chi connectivity index (χ1) is 14.4. The molecule has 0 bridgehead atoms. The first-order valence-corrected chi connectivity index (χ1v) is 10.4. The molecule has 1 aromatic heterocycles. The number of guanidine groups is 1. The van der Waals surface area contributed by atoms with E-state index in [1.807, 2.05) is 18.1 Å². The molecule has 31 heavy (non-hydrogen) atoms. The van der Waals surface area contributed by atoms with E-state index in [4.69, 9.17) is 0 Å². The highest BCUT2D eigenvalue weighted by molar-refractivity contribution is 14.0. The second-order valence-electron chi connectivity index (χ2n) is 8.02. The number of amides is 1. The van der Waals surface area contributed by atoms with Gasteiger partial charge in [0, 0.05) is 52.5 Å². The molecule has 1 aliphatic heterocycles. The largest absolute Gasteiger partial charge is 0.352 e. The van der Waals surface area contributed by atoms with Crippen LogP contribution in [0.3, 0.4) is 0 Å². The van der Waals surface area contributed by atoms with E-state index in [1.54, 1.807) is 22.8 Å². The molecule has 0 aliphatic carbocycles. The molecule has 170 valence electrons. The first-order valence-electron chi connectivity index (χ1n) is 10.4. The van der Waals surface area contributed by atoms with E-state index in [2.05, 4.69) is 65.5 Å². The number of hydrogen-bond donors (Lipinski definition) is 1. The van der Waals surface area contributed by atoms with E-state index in [9.17, 15) is 4.79 Å². The van der Waals surface area contributed by atoms with Gasteiger partial charge in [-0.15, -0.1) is 24.0 Å². The fourth-order valence-electron chi connectivity index (χ4n) is 3.52. The molecular weight excluding hydrogens is 505 g/mol. The van der Waals surface area contributed by atoms with E-state index >= 15 is 0 Å². The van der Waals surface area contributed by atoms with Crippen molar-refractivity contribution in [2.24, 2.45) is 12.0 Å². The van der Waals surface area contributed by atoms with E-state index in [0.717, 1.165) is 24.7 Å².